The van der Waals surface area contributed by atoms with Crippen LogP contribution in [0, 0.1) is 0 Å². The Morgan fingerprint density at radius 2 is 0.625 bits per heavy atom. The summed E-state index contributed by atoms with van der Waals surface area (Å²) in [7, 11) is 0. The monoisotopic (exact) mass is 509 g/mol. The van der Waals surface area contributed by atoms with Gasteiger partial charge in [0.25, 0.3) is 0 Å². The van der Waals surface area contributed by atoms with E-state index in [9.17, 15) is 0 Å². The molecule has 0 spiro atoms. The van der Waals surface area contributed by atoms with Crippen LogP contribution >= 0.6 is 0 Å². The zero-order chi connectivity index (χ0) is 20.4. The minimum atomic E-state index is 0. The van der Waals surface area contributed by atoms with Crippen LogP contribution in [-0.2, 0) is 19.5 Å². The van der Waals surface area contributed by atoms with Crippen molar-refractivity contribution >= 4 is 0 Å². The Bertz CT molecular complexity index is 1090. The molecule has 0 radical (unpaired) electrons. The van der Waals surface area contributed by atoms with Crippen molar-refractivity contribution in [3.8, 4) is 34.2 Å². The second-order valence-electron chi connectivity index (χ2n) is 6.27. The largest absolute Gasteiger partial charge is 2.00 e. The standard InChI is InChI=1S/C15H11N3.C10H8N2.H2O.Ru/c1-3-10-16-12(6-1)14-8-5-9-15(18-14)13-7-2-4-11-17-13;1-3-7-11-9(5-1)10-6-2-4-8-12-10;;/h1-11H;1-8H;1H2;/q;;;+2. The topological polar surface area (TPSA) is 96.0 Å². The smallest absolute Gasteiger partial charge is 0.412 e. The average Bonchev–Trinajstić information content (AvgIpc) is 2.87. The van der Waals surface area contributed by atoms with Gasteiger partial charge in [-0.3, -0.25) is 19.9 Å². The normalized spacial score (nSPS) is 9.38. The van der Waals surface area contributed by atoms with Gasteiger partial charge in [0.1, 0.15) is 0 Å². The third-order valence-electron chi connectivity index (χ3n) is 4.20. The molecule has 0 bridgehead atoms. The quantitative estimate of drug-likeness (QED) is 0.334. The van der Waals surface area contributed by atoms with Crippen molar-refractivity contribution in [2.45, 2.75) is 0 Å². The van der Waals surface area contributed by atoms with E-state index in [1.165, 1.54) is 0 Å². The Kier molecular flexibility index (Phi) is 9.92. The fraction of sp³-hybridized carbons (Fsp3) is 0. The Hall–Kier alpha value is -3.67. The van der Waals surface area contributed by atoms with E-state index in [1.807, 2.05) is 91.0 Å². The van der Waals surface area contributed by atoms with Gasteiger partial charge in [-0.2, -0.15) is 0 Å². The molecule has 0 aliphatic heterocycles. The first kappa shape index (κ1) is 24.6. The zero-order valence-electron chi connectivity index (χ0n) is 17.1. The molecule has 158 valence electrons. The molecule has 0 aliphatic rings. The van der Waals surface area contributed by atoms with E-state index in [2.05, 4.69) is 24.9 Å². The van der Waals surface area contributed by atoms with Crippen LogP contribution in [0.4, 0.5) is 0 Å². The third kappa shape index (κ3) is 6.67. The van der Waals surface area contributed by atoms with Gasteiger partial charge in [0.15, 0.2) is 0 Å². The molecule has 5 heterocycles. The summed E-state index contributed by atoms with van der Waals surface area (Å²) in [5.74, 6) is 0. The molecule has 2 N–H and O–H groups in total. The maximum absolute atomic E-state index is 4.59. The van der Waals surface area contributed by atoms with E-state index >= 15 is 0 Å². The molecule has 0 atom stereocenters. The summed E-state index contributed by atoms with van der Waals surface area (Å²) in [6.07, 6.45) is 7.07. The van der Waals surface area contributed by atoms with Gasteiger partial charge in [0.05, 0.1) is 34.2 Å². The SMILES string of the molecule is O.[Ru+2].c1ccc(-c2cccc(-c3ccccn3)n2)nc1.c1ccc(-c2ccccn2)nc1. The van der Waals surface area contributed by atoms with E-state index in [-0.39, 0.29) is 25.0 Å². The second-order valence-corrected chi connectivity index (χ2v) is 6.27. The predicted octanol–water partition coefficient (Wildman–Crippen LogP) is 4.52. The van der Waals surface area contributed by atoms with Crippen molar-refractivity contribution in [2.75, 3.05) is 0 Å². The number of rotatable bonds is 3. The molecule has 0 unspecified atom stereocenters. The summed E-state index contributed by atoms with van der Waals surface area (Å²) >= 11 is 0. The summed E-state index contributed by atoms with van der Waals surface area (Å²) in [6, 6.07) is 29.1. The van der Waals surface area contributed by atoms with Crippen LogP contribution in [0.1, 0.15) is 0 Å². The Balaban J connectivity index is 0.000000229. The van der Waals surface area contributed by atoms with E-state index in [1.54, 1.807) is 24.8 Å². The molecule has 6 nitrogen and oxygen atoms in total. The van der Waals surface area contributed by atoms with Gasteiger partial charge in [-0.15, -0.1) is 0 Å². The molecular weight excluding hydrogens is 487 g/mol. The summed E-state index contributed by atoms with van der Waals surface area (Å²) in [6.45, 7) is 0. The minimum absolute atomic E-state index is 0. The van der Waals surface area contributed by atoms with Crippen molar-refractivity contribution in [1.29, 1.82) is 0 Å². The van der Waals surface area contributed by atoms with Gasteiger partial charge in [-0.05, 0) is 60.7 Å². The minimum Gasteiger partial charge on any atom is -0.412 e. The van der Waals surface area contributed by atoms with E-state index in [4.69, 9.17) is 0 Å². The van der Waals surface area contributed by atoms with Gasteiger partial charge >= 0.3 is 19.5 Å². The predicted molar refractivity (Wildman–Crippen MR) is 122 cm³/mol. The number of aromatic nitrogens is 5. The van der Waals surface area contributed by atoms with Crippen LogP contribution in [-0.4, -0.2) is 30.4 Å². The molecule has 7 heteroatoms. The zero-order valence-corrected chi connectivity index (χ0v) is 18.8. The van der Waals surface area contributed by atoms with E-state index in [0.29, 0.717) is 0 Å². The number of nitrogens with zero attached hydrogens (tertiary/aromatic N) is 5. The van der Waals surface area contributed by atoms with Gasteiger partial charge in [-0.25, -0.2) is 4.98 Å². The number of hydrogen-bond donors (Lipinski definition) is 0. The fourth-order valence-corrected chi connectivity index (χ4v) is 2.78. The second kappa shape index (κ2) is 12.9. The molecule has 0 amide bonds. The molecule has 5 aromatic rings. The first-order valence-electron chi connectivity index (χ1n) is 9.52. The van der Waals surface area contributed by atoms with Crippen molar-refractivity contribution < 1.29 is 25.0 Å². The van der Waals surface area contributed by atoms with Crippen molar-refractivity contribution in [2.24, 2.45) is 0 Å². The molecule has 32 heavy (non-hydrogen) atoms. The maximum Gasteiger partial charge on any atom is 2.00 e. The molecular formula is C25H21N5ORu+2. The van der Waals surface area contributed by atoms with E-state index in [0.717, 1.165) is 34.2 Å². The molecule has 0 aromatic carbocycles. The van der Waals surface area contributed by atoms with Crippen LogP contribution in [0.25, 0.3) is 34.2 Å². The molecule has 5 rings (SSSR count). The van der Waals surface area contributed by atoms with E-state index < -0.39 is 0 Å². The van der Waals surface area contributed by atoms with Crippen LogP contribution < -0.4 is 0 Å². The average molecular weight is 509 g/mol. The van der Waals surface area contributed by atoms with Crippen molar-refractivity contribution in [1.82, 2.24) is 24.9 Å². The Labute approximate surface area is 199 Å². The summed E-state index contributed by atoms with van der Waals surface area (Å²) in [4.78, 5) is 21.6. The summed E-state index contributed by atoms with van der Waals surface area (Å²) in [5, 5.41) is 0. The number of hydrogen-bond acceptors (Lipinski definition) is 5. The molecule has 0 saturated heterocycles. The molecule has 0 aliphatic carbocycles. The van der Waals surface area contributed by atoms with Gasteiger partial charge in [-0.1, -0.05) is 30.3 Å². The summed E-state index contributed by atoms with van der Waals surface area (Å²) < 4.78 is 0. The first-order chi connectivity index (χ1) is 14.9. The Morgan fingerprint density at radius 1 is 0.344 bits per heavy atom. The van der Waals surface area contributed by atoms with Crippen LogP contribution in [0.5, 0.6) is 0 Å². The summed E-state index contributed by atoms with van der Waals surface area (Å²) in [5.41, 5.74) is 5.29. The van der Waals surface area contributed by atoms with Crippen LogP contribution in [0.15, 0.2) is 116 Å². The number of pyridine rings is 5. The van der Waals surface area contributed by atoms with Crippen LogP contribution in [0.2, 0.25) is 0 Å². The molecule has 0 fully saturated rings. The molecule has 0 saturated carbocycles. The van der Waals surface area contributed by atoms with Gasteiger partial charge in [0.2, 0.25) is 0 Å². The Morgan fingerprint density at radius 3 is 0.906 bits per heavy atom. The van der Waals surface area contributed by atoms with Gasteiger partial charge in [0, 0.05) is 24.8 Å². The fourth-order valence-electron chi connectivity index (χ4n) is 2.78. The van der Waals surface area contributed by atoms with Crippen molar-refractivity contribution in [3.63, 3.8) is 0 Å². The van der Waals surface area contributed by atoms with Crippen molar-refractivity contribution in [3.05, 3.63) is 116 Å². The van der Waals surface area contributed by atoms with Crippen LogP contribution in [0.3, 0.4) is 0 Å². The maximum atomic E-state index is 4.59. The first-order valence-corrected chi connectivity index (χ1v) is 9.52. The third-order valence-corrected chi connectivity index (χ3v) is 4.20. The van der Waals surface area contributed by atoms with Gasteiger partial charge < -0.3 is 5.48 Å². The molecule has 5 aromatic heterocycles.